The molecule has 0 amide bonds. The maximum atomic E-state index is 2.55. The van der Waals surface area contributed by atoms with Gasteiger partial charge < -0.3 is 0 Å². The first-order valence-electron chi connectivity index (χ1n) is 12.4. The summed E-state index contributed by atoms with van der Waals surface area (Å²) in [5, 5.41) is 0. The van der Waals surface area contributed by atoms with Crippen molar-refractivity contribution in [3.05, 3.63) is 0 Å². The molecule has 6 atom stereocenters. The Labute approximate surface area is 165 Å². The van der Waals surface area contributed by atoms with Gasteiger partial charge in [-0.25, -0.2) is 0 Å². The first kappa shape index (κ1) is 20.7. The summed E-state index contributed by atoms with van der Waals surface area (Å²) in [7, 11) is 0. The molecule has 0 heterocycles. The normalized spacial score (nSPS) is 43.0. The van der Waals surface area contributed by atoms with Crippen molar-refractivity contribution in [2.75, 3.05) is 0 Å². The molecule has 0 saturated heterocycles. The zero-order chi connectivity index (χ0) is 18.7. The predicted molar refractivity (Wildman–Crippen MR) is 115 cm³/mol. The Morgan fingerprint density at radius 3 is 1.88 bits per heavy atom. The standard InChI is InChI=1S/C26H48/c1-6-20-14-10-15-24(23-17-21-12-7-8-13-22(21)18-23)25(26(3,4)5)16-9-11-19(20)2/h19-25H,6-18H2,1-5H3. The fraction of sp³-hybridized carbons (Fsp3) is 1.00. The molecule has 0 aromatic rings. The molecule has 26 heavy (non-hydrogen) atoms. The van der Waals surface area contributed by atoms with Gasteiger partial charge in [0.15, 0.2) is 0 Å². The minimum atomic E-state index is 0.491. The zero-order valence-electron chi connectivity index (χ0n) is 18.7. The zero-order valence-corrected chi connectivity index (χ0v) is 18.7. The van der Waals surface area contributed by atoms with E-state index in [1.54, 1.807) is 25.7 Å². The van der Waals surface area contributed by atoms with E-state index in [1.165, 1.54) is 57.8 Å². The van der Waals surface area contributed by atoms with Crippen LogP contribution in [0.2, 0.25) is 0 Å². The summed E-state index contributed by atoms with van der Waals surface area (Å²) >= 11 is 0. The first-order chi connectivity index (χ1) is 12.4. The molecule has 3 saturated carbocycles. The van der Waals surface area contributed by atoms with E-state index in [0.29, 0.717) is 5.41 Å². The van der Waals surface area contributed by atoms with Gasteiger partial charge in [-0.05, 0) is 72.5 Å². The predicted octanol–water partition coefficient (Wildman–Crippen LogP) is 8.50. The topological polar surface area (TPSA) is 0 Å². The Kier molecular flexibility index (Phi) is 7.17. The first-order valence-corrected chi connectivity index (χ1v) is 12.4. The van der Waals surface area contributed by atoms with Crippen molar-refractivity contribution in [2.24, 2.45) is 46.8 Å². The van der Waals surface area contributed by atoms with Crippen LogP contribution in [-0.2, 0) is 0 Å². The Hall–Kier alpha value is 0. The van der Waals surface area contributed by atoms with Gasteiger partial charge in [0.05, 0.1) is 0 Å². The molecule has 0 nitrogen and oxygen atoms in total. The van der Waals surface area contributed by atoms with E-state index in [9.17, 15) is 0 Å². The lowest BCUT2D eigenvalue weighted by molar-refractivity contribution is 0.0781. The fourth-order valence-corrected chi connectivity index (χ4v) is 7.59. The van der Waals surface area contributed by atoms with Gasteiger partial charge in [-0.1, -0.05) is 92.4 Å². The van der Waals surface area contributed by atoms with E-state index < -0.39 is 0 Å². The molecular weight excluding hydrogens is 312 g/mol. The van der Waals surface area contributed by atoms with Crippen LogP contribution < -0.4 is 0 Å². The third-order valence-electron chi connectivity index (χ3n) is 9.13. The summed E-state index contributed by atoms with van der Waals surface area (Å²) in [6, 6.07) is 0. The summed E-state index contributed by atoms with van der Waals surface area (Å²) in [6.45, 7) is 12.6. The van der Waals surface area contributed by atoms with Gasteiger partial charge >= 0.3 is 0 Å². The summed E-state index contributed by atoms with van der Waals surface area (Å²) in [5.74, 6) is 7.19. The SMILES string of the molecule is CCC1CCCC(C2CC3CCCCC3C2)C(C(C)(C)C)CCCC1C. The lowest BCUT2D eigenvalue weighted by atomic mass is 9.63. The molecule has 152 valence electrons. The number of fused-ring (bicyclic) bond motifs is 1. The monoisotopic (exact) mass is 360 g/mol. The molecule has 6 unspecified atom stereocenters. The van der Waals surface area contributed by atoms with Crippen molar-refractivity contribution in [3.8, 4) is 0 Å². The Balaban J connectivity index is 1.74. The quantitative estimate of drug-likeness (QED) is 0.463. The second-order valence-electron chi connectivity index (χ2n) is 11.7. The molecule has 0 aromatic heterocycles. The largest absolute Gasteiger partial charge is 0.0651 e. The Morgan fingerprint density at radius 2 is 1.31 bits per heavy atom. The third-order valence-corrected chi connectivity index (χ3v) is 9.13. The van der Waals surface area contributed by atoms with Gasteiger partial charge in [-0.3, -0.25) is 0 Å². The second-order valence-corrected chi connectivity index (χ2v) is 11.7. The maximum absolute atomic E-state index is 2.55. The van der Waals surface area contributed by atoms with Gasteiger partial charge in [0.25, 0.3) is 0 Å². The van der Waals surface area contributed by atoms with Crippen LogP contribution in [0.1, 0.15) is 118 Å². The van der Waals surface area contributed by atoms with Crippen LogP contribution in [0.25, 0.3) is 0 Å². The molecule has 0 bridgehead atoms. The number of rotatable bonds is 2. The molecule has 0 radical (unpaired) electrons. The van der Waals surface area contributed by atoms with Crippen LogP contribution in [0.5, 0.6) is 0 Å². The van der Waals surface area contributed by atoms with Crippen LogP contribution in [0.3, 0.4) is 0 Å². The van der Waals surface area contributed by atoms with Crippen molar-refractivity contribution in [1.29, 1.82) is 0 Å². The van der Waals surface area contributed by atoms with Crippen molar-refractivity contribution in [1.82, 2.24) is 0 Å². The molecule has 0 aliphatic heterocycles. The molecule has 3 rings (SSSR count). The van der Waals surface area contributed by atoms with Crippen molar-refractivity contribution in [3.63, 3.8) is 0 Å². The van der Waals surface area contributed by atoms with Crippen LogP contribution in [-0.4, -0.2) is 0 Å². The van der Waals surface area contributed by atoms with Crippen LogP contribution in [0.15, 0.2) is 0 Å². The van der Waals surface area contributed by atoms with E-state index in [4.69, 9.17) is 0 Å². The summed E-state index contributed by atoms with van der Waals surface area (Å²) in [5.41, 5.74) is 0.491. The molecule has 3 aliphatic carbocycles. The lowest BCUT2D eigenvalue weighted by Gasteiger charge is -2.42. The van der Waals surface area contributed by atoms with E-state index in [2.05, 4.69) is 34.6 Å². The highest BCUT2D eigenvalue weighted by molar-refractivity contribution is 4.93. The minimum Gasteiger partial charge on any atom is -0.0651 e. The minimum absolute atomic E-state index is 0.491. The average molecular weight is 361 g/mol. The van der Waals surface area contributed by atoms with Gasteiger partial charge in [0.1, 0.15) is 0 Å². The molecule has 0 N–H and O–H groups in total. The number of hydrogen-bond donors (Lipinski definition) is 0. The summed E-state index contributed by atoms with van der Waals surface area (Å²) in [4.78, 5) is 0. The van der Waals surface area contributed by atoms with Gasteiger partial charge in [-0.15, -0.1) is 0 Å². The Morgan fingerprint density at radius 1 is 0.692 bits per heavy atom. The molecule has 3 fully saturated rings. The second kappa shape index (κ2) is 9.00. The average Bonchev–Trinajstić information content (AvgIpc) is 3.02. The highest BCUT2D eigenvalue weighted by Crippen LogP contribution is 2.53. The van der Waals surface area contributed by atoms with Gasteiger partial charge in [-0.2, -0.15) is 0 Å². The molecule has 0 heteroatoms. The fourth-order valence-electron chi connectivity index (χ4n) is 7.59. The van der Waals surface area contributed by atoms with Crippen LogP contribution in [0.4, 0.5) is 0 Å². The molecule has 0 spiro atoms. The van der Waals surface area contributed by atoms with Crippen LogP contribution >= 0.6 is 0 Å². The van der Waals surface area contributed by atoms with Crippen molar-refractivity contribution < 1.29 is 0 Å². The van der Waals surface area contributed by atoms with E-state index >= 15 is 0 Å². The maximum Gasteiger partial charge on any atom is -0.0334 e. The van der Waals surface area contributed by atoms with E-state index in [1.807, 2.05) is 0 Å². The lowest BCUT2D eigenvalue weighted by Crippen LogP contribution is -2.33. The molecule has 3 aliphatic rings. The molecule has 0 aromatic carbocycles. The summed E-state index contributed by atoms with van der Waals surface area (Å²) < 4.78 is 0. The third kappa shape index (κ3) is 4.88. The number of hydrogen-bond acceptors (Lipinski definition) is 0. The Bertz CT molecular complexity index is 402. The molecular formula is C26H48. The van der Waals surface area contributed by atoms with Crippen LogP contribution in [0, 0.1) is 46.8 Å². The highest BCUT2D eigenvalue weighted by Gasteiger charge is 2.43. The highest BCUT2D eigenvalue weighted by atomic mass is 14.5. The van der Waals surface area contributed by atoms with Crippen molar-refractivity contribution >= 4 is 0 Å². The van der Waals surface area contributed by atoms with E-state index in [0.717, 1.165) is 41.4 Å². The smallest absolute Gasteiger partial charge is 0.0334 e. The summed E-state index contributed by atoms with van der Waals surface area (Å²) in [6.07, 6.45) is 19.8. The van der Waals surface area contributed by atoms with Crippen molar-refractivity contribution in [2.45, 2.75) is 118 Å². The van der Waals surface area contributed by atoms with E-state index in [-0.39, 0.29) is 0 Å². The van der Waals surface area contributed by atoms with Gasteiger partial charge in [0, 0.05) is 0 Å². The van der Waals surface area contributed by atoms with Gasteiger partial charge in [0.2, 0.25) is 0 Å².